The second-order valence-electron chi connectivity index (χ2n) is 6.06. The number of rotatable bonds is 16. The number of nitrogens with one attached hydrogen (secondary N) is 2. The zero-order valence-corrected chi connectivity index (χ0v) is 15.4. The van der Waals surface area contributed by atoms with Crippen molar-refractivity contribution in [3.63, 3.8) is 0 Å². The summed E-state index contributed by atoms with van der Waals surface area (Å²) in [7, 11) is 0. The van der Waals surface area contributed by atoms with Gasteiger partial charge >= 0.3 is 0 Å². The number of allylic oxidation sites excluding steroid dienone is 2. The van der Waals surface area contributed by atoms with Gasteiger partial charge in [0, 0.05) is 12.6 Å². The van der Waals surface area contributed by atoms with E-state index in [1.807, 2.05) is 6.08 Å². The van der Waals surface area contributed by atoms with Gasteiger partial charge in [-0.3, -0.25) is 0 Å². The number of hydrogen-bond donors (Lipinski definition) is 3. The highest BCUT2D eigenvalue weighted by molar-refractivity contribution is 5.23. The van der Waals surface area contributed by atoms with E-state index in [0.717, 1.165) is 31.6 Å². The van der Waals surface area contributed by atoms with Gasteiger partial charge in [0.2, 0.25) is 0 Å². The zero-order chi connectivity index (χ0) is 17.2. The molecule has 4 N–H and O–H groups in total. The maximum atomic E-state index is 5.64. The minimum absolute atomic E-state index is 0.568. The molecule has 0 aliphatic carbocycles. The van der Waals surface area contributed by atoms with Gasteiger partial charge in [-0.1, -0.05) is 64.0 Å². The normalized spacial score (nSPS) is 13.6. The topological polar surface area (TPSA) is 50.1 Å². The van der Waals surface area contributed by atoms with E-state index in [-0.39, 0.29) is 0 Å². The highest BCUT2D eigenvalue weighted by Crippen LogP contribution is 2.06. The lowest BCUT2D eigenvalue weighted by Crippen LogP contribution is -2.31. The fraction of sp³-hybridized carbons (Fsp3) is 0.700. The first kappa shape index (κ1) is 22.1. The van der Waals surface area contributed by atoms with Gasteiger partial charge in [0.25, 0.3) is 0 Å². The predicted molar refractivity (Wildman–Crippen MR) is 105 cm³/mol. The highest BCUT2D eigenvalue weighted by Gasteiger charge is 2.05. The average Bonchev–Trinajstić information content (AvgIpc) is 2.56. The van der Waals surface area contributed by atoms with Crippen LogP contribution in [0.1, 0.15) is 58.8 Å². The molecule has 23 heavy (non-hydrogen) atoms. The van der Waals surface area contributed by atoms with Crippen LogP contribution in [0, 0.1) is 0 Å². The van der Waals surface area contributed by atoms with Crippen LogP contribution in [-0.2, 0) is 0 Å². The fourth-order valence-electron chi connectivity index (χ4n) is 2.56. The second-order valence-corrected chi connectivity index (χ2v) is 6.06. The SMILES string of the molecule is C=C/C=C(\C=C/CCNCCCNC(CCC)CCCC)CN. The molecule has 134 valence electrons. The molecule has 1 unspecified atom stereocenters. The standard InChI is InChI=1S/C20H39N3/c1-4-7-14-20(12-6-3)23-17-10-16-22-15-9-8-13-19(18-21)11-5-2/h5,8,11,13,20,22-23H,2,4,6-7,9-10,12,14-18,21H2,1,3H3/b13-8-,19-11+. The molecule has 0 saturated carbocycles. The first-order valence-corrected chi connectivity index (χ1v) is 9.40. The van der Waals surface area contributed by atoms with Gasteiger partial charge in [-0.25, -0.2) is 0 Å². The summed E-state index contributed by atoms with van der Waals surface area (Å²) in [6.07, 6.45) is 16.8. The summed E-state index contributed by atoms with van der Waals surface area (Å²) in [5.74, 6) is 0. The van der Waals surface area contributed by atoms with Crippen molar-refractivity contribution in [3.05, 3.63) is 36.5 Å². The number of nitrogens with two attached hydrogens (primary N) is 1. The van der Waals surface area contributed by atoms with Gasteiger partial charge in [-0.2, -0.15) is 0 Å². The molecule has 0 saturated heterocycles. The molecule has 0 fully saturated rings. The molecule has 3 nitrogen and oxygen atoms in total. The monoisotopic (exact) mass is 321 g/mol. The molecule has 0 radical (unpaired) electrons. The maximum Gasteiger partial charge on any atom is 0.0177 e. The van der Waals surface area contributed by atoms with Crippen LogP contribution >= 0.6 is 0 Å². The lowest BCUT2D eigenvalue weighted by atomic mass is 10.1. The minimum atomic E-state index is 0.568. The van der Waals surface area contributed by atoms with Crippen LogP contribution in [0.4, 0.5) is 0 Å². The Labute approximate surface area is 144 Å². The Kier molecular flexibility index (Phi) is 16.8. The molecule has 0 bridgehead atoms. The molecule has 0 spiro atoms. The highest BCUT2D eigenvalue weighted by atomic mass is 14.9. The lowest BCUT2D eigenvalue weighted by Gasteiger charge is -2.17. The van der Waals surface area contributed by atoms with E-state index in [1.54, 1.807) is 6.08 Å². The molecule has 3 heteroatoms. The van der Waals surface area contributed by atoms with Crippen LogP contribution in [0.2, 0.25) is 0 Å². The smallest absolute Gasteiger partial charge is 0.0177 e. The van der Waals surface area contributed by atoms with E-state index in [0.29, 0.717) is 12.6 Å². The van der Waals surface area contributed by atoms with Crippen molar-refractivity contribution in [1.29, 1.82) is 0 Å². The van der Waals surface area contributed by atoms with Gasteiger partial charge in [0.15, 0.2) is 0 Å². The van der Waals surface area contributed by atoms with Gasteiger partial charge in [-0.05, 0) is 50.9 Å². The third-order valence-corrected chi connectivity index (χ3v) is 3.89. The summed E-state index contributed by atoms with van der Waals surface area (Å²) in [4.78, 5) is 0. The Morgan fingerprint density at radius 3 is 2.57 bits per heavy atom. The first-order valence-electron chi connectivity index (χ1n) is 9.40. The van der Waals surface area contributed by atoms with Crippen LogP contribution in [0.5, 0.6) is 0 Å². The van der Waals surface area contributed by atoms with E-state index < -0.39 is 0 Å². The molecule has 0 rings (SSSR count). The Hall–Kier alpha value is -0.900. The van der Waals surface area contributed by atoms with E-state index in [1.165, 1.54) is 38.5 Å². The number of hydrogen-bond acceptors (Lipinski definition) is 3. The van der Waals surface area contributed by atoms with Gasteiger partial charge < -0.3 is 16.4 Å². The fourth-order valence-corrected chi connectivity index (χ4v) is 2.56. The van der Waals surface area contributed by atoms with E-state index in [4.69, 9.17) is 5.73 Å². The molecule has 0 heterocycles. The third-order valence-electron chi connectivity index (χ3n) is 3.89. The van der Waals surface area contributed by atoms with Gasteiger partial charge in [0.05, 0.1) is 0 Å². The van der Waals surface area contributed by atoms with Gasteiger partial charge in [-0.15, -0.1) is 0 Å². The summed E-state index contributed by atoms with van der Waals surface area (Å²) < 4.78 is 0. The predicted octanol–water partition coefficient (Wildman–Crippen LogP) is 3.93. The summed E-state index contributed by atoms with van der Waals surface area (Å²) >= 11 is 0. The Balaban J connectivity index is 3.59. The molecule has 1 atom stereocenters. The molecule has 0 amide bonds. The molecule has 0 aromatic rings. The average molecular weight is 322 g/mol. The first-order chi connectivity index (χ1) is 11.3. The zero-order valence-electron chi connectivity index (χ0n) is 15.4. The van der Waals surface area contributed by atoms with Crippen molar-refractivity contribution in [3.8, 4) is 0 Å². The van der Waals surface area contributed by atoms with Crippen molar-refractivity contribution >= 4 is 0 Å². The molecular weight excluding hydrogens is 282 g/mol. The molecule has 0 aromatic heterocycles. The van der Waals surface area contributed by atoms with Crippen LogP contribution in [0.25, 0.3) is 0 Å². The van der Waals surface area contributed by atoms with Crippen molar-refractivity contribution in [2.75, 3.05) is 26.2 Å². The summed E-state index contributed by atoms with van der Waals surface area (Å²) in [5, 5.41) is 7.21. The summed E-state index contributed by atoms with van der Waals surface area (Å²) in [6, 6.07) is 0.717. The van der Waals surface area contributed by atoms with E-state index in [2.05, 4.69) is 43.2 Å². The number of unbranched alkanes of at least 4 members (excludes halogenated alkanes) is 1. The van der Waals surface area contributed by atoms with Crippen LogP contribution in [0.3, 0.4) is 0 Å². The largest absolute Gasteiger partial charge is 0.326 e. The molecular formula is C20H39N3. The summed E-state index contributed by atoms with van der Waals surface area (Å²) in [6.45, 7) is 12.0. The van der Waals surface area contributed by atoms with Crippen molar-refractivity contribution < 1.29 is 0 Å². The van der Waals surface area contributed by atoms with E-state index in [9.17, 15) is 0 Å². The van der Waals surface area contributed by atoms with Crippen molar-refractivity contribution in [2.45, 2.75) is 64.8 Å². The van der Waals surface area contributed by atoms with Gasteiger partial charge in [0.1, 0.15) is 0 Å². The van der Waals surface area contributed by atoms with Crippen LogP contribution < -0.4 is 16.4 Å². The van der Waals surface area contributed by atoms with E-state index >= 15 is 0 Å². The molecule has 0 aliphatic heterocycles. The Morgan fingerprint density at radius 2 is 1.91 bits per heavy atom. The lowest BCUT2D eigenvalue weighted by molar-refractivity contribution is 0.429. The Bertz CT molecular complexity index is 321. The maximum absolute atomic E-state index is 5.64. The molecule has 0 aliphatic rings. The van der Waals surface area contributed by atoms with Crippen LogP contribution in [-0.4, -0.2) is 32.2 Å². The third kappa shape index (κ3) is 14.4. The second kappa shape index (κ2) is 17.5. The quantitative estimate of drug-likeness (QED) is 0.298. The minimum Gasteiger partial charge on any atom is -0.326 e. The van der Waals surface area contributed by atoms with Crippen molar-refractivity contribution in [1.82, 2.24) is 10.6 Å². The Morgan fingerprint density at radius 1 is 1.09 bits per heavy atom. The molecule has 0 aromatic carbocycles. The summed E-state index contributed by atoms with van der Waals surface area (Å²) in [5.41, 5.74) is 6.76. The van der Waals surface area contributed by atoms with Crippen LogP contribution in [0.15, 0.2) is 36.5 Å². The van der Waals surface area contributed by atoms with Crippen molar-refractivity contribution in [2.24, 2.45) is 5.73 Å².